The Labute approximate surface area is 191 Å². The Balaban J connectivity index is 0.000000240. The number of aryl methyl sites for hydroxylation is 3. The molecule has 0 fully saturated rings. The molecule has 0 radical (unpaired) electrons. The summed E-state index contributed by atoms with van der Waals surface area (Å²) in [6.07, 6.45) is 7.68. The van der Waals surface area contributed by atoms with Crippen LogP contribution in [0.4, 0.5) is 0 Å². The van der Waals surface area contributed by atoms with Gasteiger partial charge in [0.2, 0.25) is 0 Å². The highest BCUT2D eigenvalue weighted by atomic mass is 16.5. The number of nitrogens with one attached hydrogen (secondary N) is 1. The molecule has 0 saturated carbocycles. The van der Waals surface area contributed by atoms with Crippen molar-refractivity contribution in [2.75, 3.05) is 6.54 Å². The predicted octanol–water partition coefficient (Wildman–Crippen LogP) is 5.50. The van der Waals surface area contributed by atoms with Gasteiger partial charge in [-0.15, -0.1) is 5.16 Å². The van der Waals surface area contributed by atoms with E-state index in [1.807, 2.05) is 66.7 Å². The number of carbonyl (C=O) groups excluding carboxylic acids is 1. The molecule has 0 heterocycles. The van der Waals surface area contributed by atoms with Crippen LogP contribution in [0.15, 0.2) is 96.2 Å². The Hall–Kier alpha value is -3.28. The quantitative estimate of drug-likeness (QED) is 0.129. The highest BCUT2D eigenvalue weighted by Crippen LogP contribution is 2.02. The molecular formula is C27H34N2O3. The zero-order valence-electron chi connectivity index (χ0n) is 18.5. The van der Waals surface area contributed by atoms with Crippen molar-refractivity contribution in [3.05, 3.63) is 108 Å². The number of nitrogens with zero attached hydrogens (tertiary/aromatic N) is 1. The molecule has 5 nitrogen and oxygen atoms in total. The topological polar surface area (TPSA) is 81.9 Å². The number of benzene rings is 3. The molecule has 0 aliphatic heterocycles. The van der Waals surface area contributed by atoms with Gasteiger partial charge in [-0.1, -0.05) is 91.0 Å². The number of carbonyl (C=O) groups is 1. The minimum absolute atomic E-state index is 0.629. The van der Waals surface area contributed by atoms with Crippen LogP contribution in [-0.2, 0) is 24.1 Å². The number of aldehydes is 1. The summed E-state index contributed by atoms with van der Waals surface area (Å²) in [5.74, 6) is 0. The predicted molar refractivity (Wildman–Crippen MR) is 130 cm³/mol. The van der Waals surface area contributed by atoms with Crippen LogP contribution < -0.4 is 5.48 Å². The summed E-state index contributed by atoms with van der Waals surface area (Å²) in [7, 11) is 0. The van der Waals surface area contributed by atoms with Gasteiger partial charge in [0, 0.05) is 19.2 Å². The number of hydrogen-bond acceptors (Lipinski definition) is 5. The Morgan fingerprint density at radius 2 is 1.12 bits per heavy atom. The number of hydrogen-bond donors (Lipinski definition) is 3. The average molecular weight is 435 g/mol. The molecular weight excluding hydrogens is 400 g/mol. The van der Waals surface area contributed by atoms with Crippen molar-refractivity contribution >= 4 is 12.5 Å². The maximum Gasteiger partial charge on any atom is 0.120 e. The molecule has 0 aliphatic carbocycles. The van der Waals surface area contributed by atoms with Crippen molar-refractivity contribution in [1.29, 1.82) is 0 Å². The Kier molecular flexibility index (Phi) is 16.4. The van der Waals surface area contributed by atoms with Crippen molar-refractivity contribution in [1.82, 2.24) is 5.48 Å². The molecule has 3 aromatic carbocycles. The molecule has 5 heteroatoms. The van der Waals surface area contributed by atoms with Crippen LogP contribution in [0.5, 0.6) is 0 Å². The van der Waals surface area contributed by atoms with E-state index in [-0.39, 0.29) is 0 Å². The van der Waals surface area contributed by atoms with E-state index in [9.17, 15) is 4.79 Å². The fourth-order valence-electron chi connectivity index (χ4n) is 2.82. The van der Waals surface area contributed by atoms with Crippen molar-refractivity contribution in [2.24, 2.45) is 5.16 Å². The number of rotatable bonds is 10. The van der Waals surface area contributed by atoms with Gasteiger partial charge < -0.3 is 15.2 Å². The summed E-state index contributed by atoms with van der Waals surface area (Å²) in [6, 6.07) is 30.4. The second-order valence-corrected chi connectivity index (χ2v) is 7.01. The van der Waals surface area contributed by atoms with Crippen molar-refractivity contribution in [3.63, 3.8) is 0 Å². The van der Waals surface area contributed by atoms with Crippen molar-refractivity contribution in [2.45, 2.75) is 38.5 Å². The number of hydroxylamine groups is 1. The standard InChI is InChI=1S/C9H13NO.C9H11NO.C9H10O/c2*11-10-8-4-7-9-5-2-1-3-6-9;10-8-4-7-9-5-2-1-3-6-9/h1-3,5-6,10-11H,4,7-8H2;1-3,5-6,8,11H,4,7H2;1-3,5-6,8H,4,7H2/b;10-8+;. The van der Waals surface area contributed by atoms with Gasteiger partial charge in [-0.3, -0.25) is 0 Å². The first kappa shape index (κ1) is 26.8. The lowest BCUT2D eigenvalue weighted by molar-refractivity contribution is -0.107. The summed E-state index contributed by atoms with van der Waals surface area (Å²) in [5.41, 5.74) is 5.96. The largest absolute Gasteiger partial charge is 0.411 e. The van der Waals surface area contributed by atoms with Gasteiger partial charge in [-0.25, -0.2) is 5.48 Å². The Bertz CT molecular complexity index is 825. The van der Waals surface area contributed by atoms with Gasteiger partial charge in [-0.2, -0.15) is 0 Å². The third kappa shape index (κ3) is 14.7. The third-order valence-electron chi connectivity index (χ3n) is 4.48. The SMILES string of the molecule is O/N=C/CCc1ccccc1.O=CCCc1ccccc1.ONCCCc1ccccc1. The smallest absolute Gasteiger partial charge is 0.120 e. The fraction of sp³-hybridized carbons (Fsp3) is 0.259. The monoisotopic (exact) mass is 434 g/mol. The minimum atomic E-state index is 0.629. The van der Waals surface area contributed by atoms with E-state index in [4.69, 9.17) is 10.4 Å². The van der Waals surface area contributed by atoms with E-state index in [1.54, 1.807) is 0 Å². The summed E-state index contributed by atoms with van der Waals surface area (Å²) >= 11 is 0. The van der Waals surface area contributed by atoms with E-state index in [0.29, 0.717) is 13.0 Å². The molecule has 3 N–H and O–H groups in total. The van der Waals surface area contributed by atoms with E-state index in [0.717, 1.165) is 38.4 Å². The molecule has 3 aromatic rings. The first-order valence-electron chi connectivity index (χ1n) is 10.9. The van der Waals surface area contributed by atoms with Crippen LogP contribution in [-0.4, -0.2) is 29.5 Å². The molecule has 32 heavy (non-hydrogen) atoms. The zero-order valence-corrected chi connectivity index (χ0v) is 18.5. The molecule has 0 bridgehead atoms. The highest BCUT2D eigenvalue weighted by Gasteiger charge is 1.90. The van der Waals surface area contributed by atoms with Gasteiger partial charge in [0.15, 0.2) is 0 Å². The highest BCUT2D eigenvalue weighted by molar-refractivity contribution is 5.56. The molecule has 170 valence electrons. The van der Waals surface area contributed by atoms with Gasteiger partial charge in [0.05, 0.1) is 0 Å². The zero-order chi connectivity index (χ0) is 23.1. The van der Waals surface area contributed by atoms with Crippen LogP contribution in [0.1, 0.15) is 36.0 Å². The van der Waals surface area contributed by atoms with E-state index in [2.05, 4.69) is 34.9 Å². The Morgan fingerprint density at radius 1 is 0.688 bits per heavy atom. The fourth-order valence-corrected chi connectivity index (χ4v) is 2.82. The minimum Gasteiger partial charge on any atom is -0.411 e. The van der Waals surface area contributed by atoms with E-state index >= 15 is 0 Å². The summed E-state index contributed by atoms with van der Waals surface area (Å²) < 4.78 is 0. The Morgan fingerprint density at radius 3 is 1.53 bits per heavy atom. The van der Waals surface area contributed by atoms with Crippen molar-refractivity contribution in [3.8, 4) is 0 Å². The summed E-state index contributed by atoms with van der Waals surface area (Å²) in [6.45, 7) is 0.662. The molecule has 0 atom stereocenters. The van der Waals surface area contributed by atoms with Gasteiger partial charge in [0.1, 0.15) is 6.29 Å². The van der Waals surface area contributed by atoms with Gasteiger partial charge >= 0.3 is 0 Å². The third-order valence-corrected chi connectivity index (χ3v) is 4.48. The molecule has 0 spiro atoms. The summed E-state index contributed by atoms with van der Waals surface area (Å²) in [5, 5.41) is 19.3. The van der Waals surface area contributed by atoms with Crippen LogP contribution in [0.2, 0.25) is 0 Å². The first-order chi connectivity index (χ1) is 15.8. The van der Waals surface area contributed by atoms with Crippen LogP contribution in [0.25, 0.3) is 0 Å². The summed E-state index contributed by atoms with van der Waals surface area (Å²) in [4.78, 5) is 9.98. The van der Waals surface area contributed by atoms with E-state index in [1.165, 1.54) is 22.9 Å². The van der Waals surface area contributed by atoms with E-state index < -0.39 is 0 Å². The lowest BCUT2D eigenvalue weighted by atomic mass is 10.1. The molecule has 0 aromatic heterocycles. The van der Waals surface area contributed by atoms with Gasteiger partial charge in [0.25, 0.3) is 0 Å². The number of oxime groups is 1. The van der Waals surface area contributed by atoms with Crippen LogP contribution in [0.3, 0.4) is 0 Å². The maximum absolute atomic E-state index is 9.98. The normalized spacial score (nSPS) is 9.91. The van der Waals surface area contributed by atoms with Gasteiger partial charge in [-0.05, 0) is 48.8 Å². The second-order valence-electron chi connectivity index (χ2n) is 7.01. The molecule has 3 rings (SSSR count). The molecule has 0 unspecified atom stereocenters. The molecule has 0 saturated heterocycles. The van der Waals surface area contributed by atoms with Crippen molar-refractivity contribution < 1.29 is 15.2 Å². The lowest BCUT2D eigenvalue weighted by Crippen LogP contribution is -2.09. The maximum atomic E-state index is 9.98. The second kappa shape index (κ2) is 19.7. The first-order valence-corrected chi connectivity index (χ1v) is 10.9. The lowest BCUT2D eigenvalue weighted by Gasteiger charge is -1.98. The average Bonchev–Trinajstić information content (AvgIpc) is 2.86. The molecule has 0 amide bonds. The van der Waals surface area contributed by atoms with Crippen LogP contribution in [0, 0.1) is 0 Å². The van der Waals surface area contributed by atoms with Crippen LogP contribution >= 0.6 is 0 Å². The molecule has 0 aliphatic rings.